The first-order valence-corrected chi connectivity index (χ1v) is 9.00. The van der Waals surface area contributed by atoms with E-state index < -0.39 is 10.0 Å². The maximum absolute atomic E-state index is 11.9. The molecule has 0 radical (unpaired) electrons. The second kappa shape index (κ2) is 6.68. The summed E-state index contributed by atoms with van der Waals surface area (Å²) in [4.78, 5) is 11.5. The Morgan fingerprint density at radius 2 is 1.96 bits per heavy atom. The van der Waals surface area contributed by atoms with Gasteiger partial charge in [-0.1, -0.05) is 12.1 Å². The van der Waals surface area contributed by atoms with Crippen molar-refractivity contribution >= 4 is 26.7 Å². The maximum Gasteiger partial charge on any atom is 0.232 e. The molecule has 0 amide bonds. The predicted octanol–water partition coefficient (Wildman–Crippen LogP) is 2.67. The molecule has 0 saturated carbocycles. The molecule has 0 saturated heterocycles. The molecule has 24 heavy (non-hydrogen) atoms. The summed E-state index contributed by atoms with van der Waals surface area (Å²) in [7, 11) is -3.44. The number of H-pyrrole nitrogens is 1. The van der Waals surface area contributed by atoms with Gasteiger partial charge in [0.05, 0.1) is 17.5 Å². The van der Waals surface area contributed by atoms with Crippen LogP contribution in [0.4, 0.5) is 5.69 Å². The Hall–Kier alpha value is -2.92. The highest BCUT2D eigenvalue weighted by Crippen LogP contribution is 2.26. The van der Waals surface area contributed by atoms with E-state index in [1.165, 1.54) is 6.33 Å². The molecule has 0 bridgehead atoms. The molecule has 0 spiro atoms. The van der Waals surface area contributed by atoms with E-state index in [2.05, 4.69) is 19.7 Å². The van der Waals surface area contributed by atoms with Crippen molar-refractivity contribution in [1.29, 1.82) is 5.26 Å². The number of hydrogen-bond acceptors (Lipinski definition) is 5. The summed E-state index contributed by atoms with van der Waals surface area (Å²) >= 11 is 0. The highest BCUT2D eigenvalue weighted by molar-refractivity contribution is 7.92. The molecule has 0 aliphatic heterocycles. The highest BCUT2D eigenvalue weighted by Gasteiger charge is 2.11. The minimum atomic E-state index is -3.44. The molecule has 2 N–H and O–H groups in total. The first-order chi connectivity index (χ1) is 11.6. The molecule has 1 aromatic carbocycles. The van der Waals surface area contributed by atoms with Gasteiger partial charge < -0.3 is 4.98 Å². The number of hydrogen-bond donors (Lipinski definition) is 2. The Balaban J connectivity index is 1.79. The van der Waals surface area contributed by atoms with Gasteiger partial charge in [-0.3, -0.25) is 4.72 Å². The van der Waals surface area contributed by atoms with Gasteiger partial charge >= 0.3 is 0 Å². The van der Waals surface area contributed by atoms with Gasteiger partial charge in [0.15, 0.2) is 0 Å². The summed E-state index contributed by atoms with van der Waals surface area (Å²) < 4.78 is 26.4. The molecule has 122 valence electrons. The van der Waals surface area contributed by atoms with Crippen molar-refractivity contribution in [2.45, 2.75) is 12.8 Å². The van der Waals surface area contributed by atoms with E-state index in [0.29, 0.717) is 12.1 Å². The Morgan fingerprint density at radius 3 is 2.71 bits per heavy atom. The fourth-order valence-electron chi connectivity index (χ4n) is 2.37. The minimum absolute atomic E-state index is 0.0712. The largest absolute Gasteiger partial charge is 0.346 e. The molecule has 0 atom stereocenters. The van der Waals surface area contributed by atoms with Gasteiger partial charge in [0.25, 0.3) is 0 Å². The van der Waals surface area contributed by atoms with Crippen LogP contribution in [0, 0.1) is 11.3 Å². The summed E-state index contributed by atoms with van der Waals surface area (Å²) in [6, 6.07) is 10.8. The van der Waals surface area contributed by atoms with Crippen molar-refractivity contribution in [1.82, 2.24) is 15.0 Å². The van der Waals surface area contributed by atoms with Gasteiger partial charge in [-0.15, -0.1) is 0 Å². The van der Waals surface area contributed by atoms with Gasteiger partial charge in [0.2, 0.25) is 10.0 Å². The number of fused-ring (bicyclic) bond motifs is 1. The normalized spacial score (nSPS) is 11.3. The molecule has 0 aliphatic carbocycles. The quantitative estimate of drug-likeness (QED) is 0.670. The summed E-state index contributed by atoms with van der Waals surface area (Å²) in [6.45, 7) is 0. The number of unbranched alkanes of at least 4 members (excludes halogenated alkanes) is 1. The minimum Gasteiger partial charge on any atom is -0.346 e. The first-order valence-electron chi connectivity index (χ1n) is 7.35. The number of aromatic nitrogens is 3. The summed E-state index contributed by atoms with van der Waals surface area (Å²) in [5, 5.41) is 9.38. The Morgan fingerprint density at radius 1 is 1.17 bits per heavy atom. The maximum atomic E-state index is 11.9. The number of sulfonamides is 1. The van der Waals surface area contributed by atoms with Gasteiger partial charge in [0, 0.05) is 29.3 Å². The van der Waals surface area contributed by atoms with Crippen LogP contribution in [0.25, 0.3) is 22.3 Å². The van der Waals surface area contributed by atoms with Crippen LogP contribution in [0.1, 0.15) is 12.8 Å². The van der Waals surface area contributed by atoms with Crippen LogP contribution in [-0.4, -0.2) is 29.1 Å². The van der Waals surface area contributed by atoms with Crippen molar-refractivity contribution in [2.24, 2.45) is 0 Å². The molecular weight excluding hydrogens is 326 g/mol. The van der Waals surface area contributed by atoms with E-state index >= 15 is 0 Å². The van der Waals surface area contributed by atoms with Crippen LogP contribution in [0.2, 0.25) is 0 Å². The van der Waals surface area contributed by atoms with Gasteiger partial charge in [-0.05, 0) is 24.6 Å². The summed E-state index contributed by atoms with van der Waals surface area (Å²) in [5.41, 5.74) is 2.89. The zero-order chi connectivity index (χ0) is 17.0. The predicted molar refractivity (Wildman–Crippen MR) is 91.6 cm³/mol. The lowest BCUT2D eigenvalue weighted by molar-refractivity contribution is 0.599. The van der Waals surface area contributed by atoms with E-state index in [4.69, 9.17) is 5.26 Å². The SMILES string of the molecule is N#CCCCS(=O)(=O)Nc1ccc(-c2ncnc3[nH]ccc23)cc1. The van der Waals surface area contributed by atoms with Crippen molar-refractivity contribution in [2.75, 3.05) is 10.5 Å². The van der Waals surface area contributed by atoms with Crippen LogP contribution < -0.4 is 4.72 Å². The lowest BCUT2D eigenvalue weighted by Gasteiger charge is -2.08. The van der Waals surface area contributed by atoms with Gasteiger partial charge in [0.1, 0.15) is 12.0 Å². The number of nitrogens with one attached hydrogen (secondary N) is 2. The fourth-order valence-corrected chi connectivity index (χ4v) is 3.49. The number of aromatic amines is 1. The van der Waals surface area contributed by atoms with Crippen LogP contribution >= 0.6 is 0 Å². The zero-order valence-corrected chi connectivity index (χ0v) is 13.5. The zero-order valence-electron chi connectivity index (χ0n) is 12.7. The Bertz CT molecular complexity index is 987. The number of nitriles is 1. The first kappa shape index (κ1) is 16.0. The van der Waals surface area contributed by atoms with Crippen molar-refractivity contribution in [3.05, 3.63) is 42.9 Å². The summed E-state index contributed by atoms with van der Waals surface area (Å²) in [6.07, 6.45) is 3.82. The molecular formula is C16H15N5O2S. The second-order valence-electron chi connectivity index (χ2n) is 5.22. The Labute approximate surface area is 139 Å². The van der Waals surface area contributed by atoms with E-state index in [1.807, 2.05) is 24.3 Å². The van der Waals surface area contributed by atoms with Crippen molar-refractivity contribution in [3.63, 3.8) is 0 Å². The molecule has 8 heteroatoms. The number of benzene rings is 1. The lowest BCUT2D eigenvalue weighted by Crippen LogP contribution is -2.16. The molecule has 7 nitrogen and oxygen atoms in total. The van der Waals surface area contributed by atoms with Crippen LogP contribution in [0.15, 0.2) is 42.9 Å². The smallest absolute Gasteiger partial charge is 0.232 e. The monoisotopic (exact) mass is 341 g/mol. The third-order valence-corrected chi connectivity index (χ3v) is 4.86. The van der Waals surface area contributed by atoms with E-state index in [1.54, 1.807) is 18.3 Å². The molecule has 0 fully saturated rings. The molecule has 0 unspecified atom stereocenters. The number of anilines is 1. The molecule has 2 heterocycles. The van der Waals surface area contributed by atoms with E-state index in [-0.39, 0.29) is 12.2 Å². The van der Waals surface area contributed by atoms with Crippen LogP contribution in [0.5, 0.6) is 0 Å². The van der Waals surface area contributed by atoms with Gasteiger partial charge in [-0.25, -0.2) is 18.4 Å². The third kappa shape index (κ3) is 3.52. The number of rotatable bonds is 6. The van der Waals surface area contributed by atoms with Crippen LogP contribution in [0.3, 0.4) is 0 Å². The molecule has 0 aliphatic rings. The highest BCUT2D eigenvalue weighted by atomic mass is 32.2. The van der Waals surface area contributed by atoms with E-state index in [9.17, 15) is 8.42 Å². The average Bonchev–Trinajstić information content (AvgIpc) is 3.04. The average molecular weight is 341 g/mol. The molecule has 2 aromatic heterocycles. The number of nitrogens with zero attached hydrogens (tertiary/aromatic N) is 3. The lowest BCUT2D eigenvalue weighted by atomic mass is 10.1. The summed E-state index contributed by atoms with van der Waals surface area (Å²) in [5.74, 6) is -0.0712. The second-order valence-corrected chi connectivity index (χ2v) is 7.06. The third-order valence-electron chi connectivity index (χ3n) is 3.49. The topological polar surface area (TPSA) is 112 Å². The van der Waals surface area contributed by atoms with E-state index in [0.717, 1.165) is 22.3 Å². The van der Waals surface area contributed by atoms with Crippen molar-refractivity contribution < 1.29 is 8.42 Å². The van der Waals surface area contributed by atoms with Crippen LogP contribution in [-0.2, 0) is 10.0 Å². The molecule has 3 rings (SSSR count). The van der Waals surface area contributed by atoms with Gasteiger partial charge in [-0.2, -0.15) is 5.26 Å². The van der Waals surface area contributed by atoms with Crippen molar-refractivity contribution in [3.8, 4) is 17.3 Å². The standard InChI is InChI=1S/C16H15N5O2S/c17-8-1-2-10-24(22,23)21-13-5-3-12(4-6-13)15-14-7-9-18-16(14)20-11-19-15/h3-7,9,11,21H,1-2,10H2,(H,18,19,20). The Kier molecular flexibility index (Phi) is 4.44. The fraction of sp³-hybridized carbons (Fsp3) is 0.188. The molecule has 3 aromatic rings.